The van der Waals surface area contributed by atoms with Crippen LogP contribution in [0.2, 0.25) is 0 Å². The van der Waals surface area contributed by atoms with E-state index in [4.69, 9.17) is 19.3 Å². The van der Waals surface area contributed by atoms with Crippen LogP contribution in [0.4, 0.5) is 0 Å². The minimum Gasteiger partial charge on any atom is -0.399 e. The second kappa shape index (κ2) is 12.7. The summed E-state index contributed by atoms with van der Waals surface area (Å²) in [7, 11) is -0.355. The van der Waals surface area contributed by atoms with E-state index >= 15 is 0 Å². The molecular weight excluding hydrogens is 683 g/mol. The maximum atomic E-state index is 6.16. The molecule has 0 amide bonds. The van der Waals surface area contributed by atoms with Gasteiger partial charge in [-0.15, -0.1) is 0 Å². The van der Waals surface area contributed by atoms with Crippen LogP contribution in [0, 0.1) is 0 Å². The van der Waals surface area contributed by atoms with E-state index in [-0.39, 0.29) is 18.3 Å². The molecule has 1 fully saturated rings. The Morgan fingerprint density at radius 3 is 1.34 bits per heavy atom. The zero-order valence-corrected chi connectivity index (χ0v) is 29.8. The first-order valence-corrected chi connectivity index (χ1v) is 17.5. The molecule has 0 atom stereocenters. The molecule has 8 heteroatoms. The third-order valence-corrected chi connectivity index (χ3v) is 10.3. The van der Waals surface area contributed by atoms with E-state index in [1.54, 1.807) is 0 Å². The van der Waals surface area contributed by atoms with Crippen LogP contribution in [-0.2, 0) is 9.31 Å². The summed E-state index contributed by atoms with van der Waals surface area (Å²) in [4.78, 5) is 18.8. The van der Waals surface area contributed by atoms with Crippen LogP contribution in [0.15, 0.2) is 138 Å². The van der Waals surface area contributed by atoms with Crippen LogP contribution in [0.5, 0.6) is 0 Å². The summed E-state index contributed by atoms with van der Waals surface area (Å²) in [6, 6.07) is 41.2. The molecule has 8 aromatic rings. The largest absolute Gasteiger partial charge is 0.494 e. The van der Waals surface area contributed by atoms with Crippen LogP contribution < -0.4 is 5.46 Å². The van der Waals surface area contributed by atoms with Crippen LogP contribution in [0.3, 0.4) is 0 Å². The molecule has 0 saturated carbocycles. The highest BCUT2D eigenvalue weighted by Crippen LogP contribution is 2.36. The van der Waals surface area contributed by atoms with E-state index in [1.807, 2.05) is 36.7 Å². The van der Waals surface area contributed by atoms with Gasteiger partial charge in [-0.25, -0.2) is 9.97 Å². The molecule has 4 aromatic heterocycles. The SMILES string of the molecule is Brc1ccc(-c2ccc3ccc4cccnc4c3n2)cc1.CC1(C)OB(c2ccc(-c3ccc4ccc5cccnc5c4n3)cc2)OC1(C)C. The number of rotatable bonds is 3. The minimum atomic E-state index is -0.355. The van der Waals surface area contributed by atoms with Crippen LogP contribution >= 0.6 is 15.9 Å². The van der Waals surface area contributed by atoms with Crippen molar-refractivity contribution in [1.29, 1.82) is 0 Å². The Hall–Kier alpha value is -5.02. The lowest BCUT2D eigenvalue weighted by molar-refractivity contribution is 0.00578. The van der Waals surface area contributed by atoms with E-state index in [0.717, 1.165) is 76.1 Å². The van der Waals surface area contributed by atoms with Gasteiger partial charge < -0.3 is 9.31 Å². The predicted octanol–water partition coefficient (Wildman–Crippen LogP) is 9.96. The number of aromatic nitrogens is 4. The molecule has 1 aliphatic rings. The number of fused-ring (bicyclic) bond motifs is 6. The summed E-state index contributed by atoms with van der Waals surface area (Å²) in [5.74, 6) is 0. The normalized spacial score (nSPS) is 15.0. The second-order valence-electron chi connectivity index (χ2n) is 13.5. The van der Waals surface area contributed by atoms with Crippen molar-refractivity contribution in [2.45, 2.75) is 38.9 Å². The number of halogens is 1. The maximum absolute atomic E-state index is 6.16. The van der Waals surface area contributed by atoms with Crippen LogP contribution in [-0.4, -0.2) is 38.3 Å². The molecule has 1 saturated heterocycles. The quantitative estimate of drug-likeness (QED) is 0.134. The molecule has 50 heavy (non-hydrogen) atoms. The number of pyridine rings is 4. The van der Waals surface area contributed by atoms with Gasteiger partial charge in [0.25, 0.3) is 0 Å². The molecule has 0 N–H and O–H groups in total. The van der Waals surface area contributed by atoms with Gasteiger partial charge in [-0.2, -0.15) is 0 Å². The molecule has 244 valence electrons. The van der Waals surface area contributed by atoms with E-state index in [9.17, 15) is 0 Å². The molecule has 0 spiro atoms. The zero-order chi connectivity index (χ0) is 34.5. The molecule has 1 aliphatic heterocycles. The summed E-state index contributed by atoms with van der Waals surface area (Å²) in [5.41, 5.74) is 8.14. The lowest BCUT2D eigenvalue weighted by atomic mass is 9.79. The Morgan fingerprint density at radius 1 is 0.480 bits per heavy atom. The van der Waals surface area contributed by atoms with Crippen molar-refractivity contribution in [3.05, 3.63) is 138 Å². The molecule has 5 heterocycles. The van der Waals surface area contributed by atoms with Gasteiger partial charge in [-0.3, -0.25) is 9.97 Å². The third-order valence-electron chi connectivity index (χ3n) is 9.74. The zero-order valence-electron chi connectivity index (χ0n) is 28.3. The van der Waals surface area contributed by atoms with Crippen molar-refractivity contribution >= 4 is 72.1 Å². The lowest BCUT2D eigenvalue weighted by Gasteiger charge is -2.32. The predicted molar refractivity (Wildman–Crippen MR) is 208 cm³/mol. The maximum Gasteiger partial charge on any atom is 0.494 e. The molecule has 6 nitrogen and oxygen atoms in total. The van der Waals surface area contributed by atoms with Gasteiger partial charge in [-0.1, -0.05) is 101 Å². The van der Waals surface area contributed by atoms with Crippen molar-refractivity contribution in [2.24, 2.45) is 0 Å². The molecule has 9 rings (SSSR count). The second-order valence-corrected chi connectivity index (χ2v) is 14.5. The first-order valence-electron chi connectivity index (χ1n) is 16.7. The van der Waals surface area contributed by atoms with Gasteiger partial charge in [0.05, 0.1) is 44.7 Å². The van der Waals surface area contributed by atoms with Crippen molar-refractivity contribution < 1.29 is 9.31 Å². The van der Waals surface area contributed by atoms with E-state index in [0.29, 0.717) is 0 Å². The topological polar surface area (TPSA) is 70.0 Å². The smallest absolute Gasteiger partial charge is 0.399 e. The lowest BCUT2D eigenvalue weighted by Crippen LogP contribution is -2.41. The summed E-state index contributed by atoms with van der Waals surface area (Å²) in [5, 5.41) is 4.42. The van der Waals surface area contributed by atoms with Gasteiger partial charge >= 0.3 is 7.12 Å². The Bertz CT molecular complexity index is 2510. The average molecular weight is 717 g/mol. The fourth-order valence-corrected chi connectivity index (χ4v) is 6.44. The number of hydrogen-bond acceptors (Lipinski definition) is 6. The summed E-state index contributed by atoms with van der Waals surface area (Å²) >= 11 is 3.46. The van der Waals surface area contributed by atoms with Crippen molar-refractivity contribution in [1.82, 2.24) is 19.9 Å². The third kappa shape index (κ3) is 6.04. The molecular formula is C42H34BBrN4O2. The molecule has 4 aromatic carbocycles. The monoisotopic (exact) mass is 716 g/mol. The first kappa shape index (κ1) is 32.2. The highest BCUT2D eigenvalue weighted by molar-refractivity contribution is 9.10. The number of benzene rings is 4. The Morgan fingerprint density at radius 2 is 0.880 bits per heavy atom. The fraction of sp³-hybridized carbons (Fsp3) is 0.143. The number of hydrogen-bond donors (Lipinski definition) is 0. The van der Waals surface area contributed by atoms with Gasteiger partial charge in [0, 0.05) is 49.5 Å². The molecule has 0 aliphatic carbocycles. The Kier molecular flexibility index (Phi) is 8.18. The van der Waals surface area contributed by atoms with Crippen molar-refractivity contribution in [2.75, 3.05) is 0 Å². The minimum absolute atomic E-state index is 0.343. The molecule has 0 bridgehead atoms. The number of nitrogens with zero attached hydrogens (tertiary/aromatic N) is 4. The van der Waals surface area contributed by atoms with E-state index in [1.165, 1.54) is 0 Å². The van der Waals surface area contributed by atoms with Crippen molar-refractivity contribution in [3.63, 3.8) is 0 Å². The average Bonchev–Trinajstić information content (AvgIpc) is 3.37. The van der Waals surface area contributed by atoms with Crippen LogP contribution in [0.1, 0.15) is 27.7 Å². The van der Waals surface area contributed by atoms with Gasteiger partial charge in [0.2, 0.25) is 0 Å². The summed E-state index contributed by atoms with van der Waals surface area (Å²) in [6.45, 7) is 8.27. The fourth-order valence-electron chi connectivity index (χ4n) is 6.18. The van der Waals surface area contributed by atoms with Crippen LogP contribution in [0.25, 0.3) is 66.1 Å². The first-order chi connectivity index (χ1) is 24.1. The van der Waals surface area contributed by atoms with Crippen molar-refractivity contribution in [3.8, 4) is 22.5 Å². The highest BCUT2D eigenvalue weighted by atomic mass is 79.9. The Labute approximate surface area is 299 Å². The standard InChI is InChI=1S/C24H23BN2O2.C18H11BrN2/c1-23(2)24(3,4)29-25(28-23)19-12-9-16(10-13-19)20-14-11-18-8-7-17-6-5-15-26-21(17)22(18)27-20;19-15-8-5-12(6-9-15)16-10-7-14-4-3-13-2-1-11-20-17(13)18(14)21-16/h5-15H,1-4H3;1-11H. The highest BCUT2D eigenvalue weighted by Gasteiger charge is 2.51. The van der Waals surface area contributed by atoms with Gasteiger partial charge in [0.15, 0.2) is 0 Å². The van der Waals surface area contributed by atoms with E-state index < -0.39 is 0 Å². The summed E-state index contributed by atoms with van der Waals surface area (Å²) < 4.78 is 13.4. The summed E-state index contributed by atoms with van der Waals surface area (Å²) in [6.07, 6.45) is 3.63. The van der Waals surface area contributed by atoms with Gasteiger partial charge in [0.1, 0.15) is 0 Å². The van der Waals surface area contributed by atoms with Gasteiger partial charge in [-0.05, 0) is 69.6 Å². The van der Waals surface area contributed by atoms with E-state index in [2.05, 4.69) is 151 Å². The Balaban J connectivity index is 0.000000152. The molecule has 0 radical (unpaired) electrons. The molecule has 0 unspecified atom stereocenters.